The summed E-state index contributed by atoms with van der Waals surface area (Å²) in [4.78, 5) is 4.58. The molecule has 1 aliphatic rings. The predicted octanol–water partition coefficient (Wildman–Crippen LogP) is 2.95. The first-order chi connectivity index (χ1) is 14.4. The van der Waals surface area contributed by atoms with E-state index >= 15 is 0 Å². The molecule has 0 saturated carbocycles. The van der Waals surface area contributed by atoms with Crippen molar-refractivity contribution in [2.75, 3.05) is 13.2 Å². The first-order valence-electron chi connectivity index (χ1n) is 10.1. The van der Waals surface area contributed by atoms with Gasteiger partial charge in [-0.05, 0) is 30.9 Å². The molecule has 2 aromatic rings. The van der Waals surface area contributed by atoms with Crippen molar-refractivity contribution in [3.05, 3.63) is 47.0 Å². The zero-order chi connectivity index (χ0) is 21.4. The van der Waals surface area contributed by atoms with Crippen LogP contribution in [-0.4, -0.2) is 40.1 Å². The summed E-state index contributed by atoms with van der Waals surface area (Å²) < 4.78 is 43.3. The number of benzene rings is 1. The van der Waals surface area contributed by atoms with E-state index in [1.807, 2.05) is 19.1 Å². The molecule has 164 valence electrons. The number of hydrogen-bond donors (Lipinski definition) is 2. The number of halogens is 3. The van der Waals surface area contributed by atoms with Crippen LogP contribution in [0.1, 0.15) is 42.5 Å². The average Bonchev–Trinajstić information content (AvgIpc) is 3.13. The van der Waals surface area contributed by atoms with E-state index in [0.717, 1.165) is 49.6 Å². The number of hydrogen-bond acceptors (Lipinski definition) is 4. The highest BCUT2D eigenvalue weighted by atomic mass is 19.4. The van der Waals surface area contributed by atoms with Gasteiger partial charge in [-0.15, -0.1) is 10.2 Å². The van der Waals surface area contributed by atoms with Gasteiger partial charge >= 0.3 is 6.18 Å². The van der Waals surface area contributed by atoms with Crippen molar-refractivity contribution in [2.45, 2.75) is 58.6 Å². The molecule has 0 bridgehead atoms. The fourth-order valence-corrected chi connectivity index (χ4v) is 3.20. The minimum absolute atomic E-state index is 0.0735. The van der Waals surface area contributed by atoms with Crippen molar-refractivity contribution in [1.82, 2.24) is 25.4 Å². The molecule has 0 saturated heterocycles. The number of nitrogens with zero attached hydrogens (tertiary/aromatic N) is 4. The van der Waals surface area contributed by atoms with E-state index < -0.39 is 12.8 Å². The lowest BCUT2D eigenvalue weighted by atomic mass is 10.1. The number of rotatable bonds is 8. The van der Waals surface area contributed by atoms with Gasteiger partial charge in [0.1, 0.15) is 12.4 Å². The van der Waals surface area contributed by atoms with E-state index in [1.54, 1.807) is 12.1 Å². The largest absolute Gasteiger partial charge is 0.411 e. The molecule has 0 fully saturated rings. The van der Waals surface area contributed by atoms with Crippen LogP contribution >= 0.6 is 0 Å². The topological polar surface area (TPSA) is 76.4 Å². The van der Waals surface area contributed by atoms with Gasteiger partial charge in [0, 0.05) is 19.5 Å². The third kappa shape index (κ3) is 6.72. The van der Waals surface area contributed by atoms with E-state index in [1.165, 1.54) is 0 Å². The molecular formula is C20H27F3N6O. The number of ether oxygens (including phenoxy) is 1. The Balaban J connectivity index is 1.52. The molecule has 1 aliphatic heterocycles. The Labute approximate surface area is 173 Å². The number of nitrogens with one attached hydrogen (secondary N) is 2. The molecule has 2 heterocycles. The second kappa shape index (κ2) is 10.4. The number of aryl methyl sites for hydroxylation is 1. The van der Waals surface area contributed by atoms with Crippen LogP contribution in [0.3, 0.4) is 0 Å². The minimum atomic E-state index is -4.31. The van der Waals surface area contributed by atoms with Crippen LogP contribution in [0, 0.1) is 0 Å². The highest BCUT2D eigenvalue weighted by Crippen LogP contribution is 2.16. The van der Waals surface area contributed by atoms with Crippen LogP contribution in [-0.2, 0) is 37.4 Å². The summed E-state index contributed by atoms with van der Waals surface area (Å²) in [6.45, 7) is 3.32. The Morgan fingerprint density at radius 3 is 2.63 bits per heavy atom. The van der Waals surface area contributed by atoms with Gasteiger partial charge in [-0.2, -0.15) is 13.2 Å². The molecule has 1 aromatic heterocycles. The number of fused-ring (bicyclic) bond motifs is 1. The summed E-state index contributed by atoms with van der Waals surface area (Å²) in [5, 5.41) is 15.0. The average molecular weight is 424 g/mol. The summed E-state index contributed by atoms with van der Waals surface area (Å²) >= 11 is 0. The van der Waals surface area contributed by atoms with E-state index in [2.05, 4.69) is 35.1 Å². The third-order valence-electron chi connectivity index (χ3n) is 4.67. The first-order valence-corrected chi connectivity index (χ1v) is 10.1. The number of aromatic nitrogens is 3. The van der Waals surface area contributed by atoms with Crippen LogP contribution in [0.15, 0.2) is 29.3 Å². The summed E-state index contributed by atoms with van der Waals surface area (Å²) in [7, 11) is 0. The van der Waals surface area contributed by atoms with Gasteiger partial charge in [-0.3, -0.25) is 0 Å². The molecule has 30 heavy (non-hydrogen) atoms. The molecule has 0 atom stereocenters. The third-order valence-corrected chi connectivity index (χ3v) is 4.67. The normalized spacial score (nSPS) is 14.5. The zero-order valence-corrected chi connectivity index (χ0v) is 17.0. The van der Waals surface area contributed by atoms with Gasteiger partial charge in [0.25, 0.3) is 0 Å². The SMILES string of the molecule is CCNC(=NCc1ccc(COCC(F)(F)F)cc1)NCc1nnc2n1CCCC2. The Kier molecular flexibility index (Phi) is 7.67. The van der Waals surface area contributed by atoms with Gasteiger partial charge < -0.3 is 19.9 Å². The van der Waals surface area contributed by atoms with Crippen molar-refractivity contribution in [2.24, 2.45) is 4.99 Å². The minimum Gasteiger partial charge on any atom is -0.367 e. The molecule has 7 nitrogen and oxygen atoms in total. The summed E-state index contributed by atoms with van der Waals surface area (Å²) in [5.74, 6) is 2.61. The quantitative estimate of drug-likeness (QED) is 0.503. The zero-order valence-electron chi connectivity index (χ0n) is 17.0. The summed E-state index contributed by atoms with van der Waals surface area (Å²) in [5.41, 5.74) is 1.64. The molecule has 3 rings (SSSR count). The fraction of sp³-hybridized carbons (Fsp3) is 0.550. The molecule has 0 radical (unpaired) electrons. The van der Waals surface area contributed by atoms with Crippen LogP contribution < -0.4 is 10.6 Å². The number of aliphatic imine (C=N–C) groups is 1. The first kappa shape index (κ1) is 22.1. The van der Waals surface area contributed by atoms with Gasteiger partial charge in [0.15, 0.2) is 11.8 Å². The Morgan fingerprint density at radius 1 is 1.13 bits per heavy atom. The molecule has 0 amide bonds. The maximum Gasteiger partial charge on any atom is 0.411 e. The highest BCUT2D eigenvalue weighted by molar-refractivity contribution is 5.79. The van der Waals surface area contributed by atoms with Crippen LogP contribution in [0.4, 0.5) is 13.2 Å². The van der Waals surface area contributed by atoms with Crippen molar-refractivity contribution < 1.29 is 17.9 Å². The monoisotopic (exact) mass is 424 g/mol. The molecule has 0 spiro atoms. The fourth-order valence-electron chi connectivity index (χ4n) is 3.20. The molecular weight excluding hydrogens is 397 g/mol. The summed E-state index contributed by atoms with van der Waals surface area (Å²) in [6.07, 6.45) is -1.04. The van der Waals surface area contributed by atoms with Crippen molar-refractivity contribution in [3.8, 4) is 0 Å². The van der Waals surface area contributed by atoms with E-state index in [4.69, 9.17) is 0 Å². The van der Waals surface area contributed by atoms with Crippen LogP contribution in [0.25, 0.3) is 0 Å². The van der Waals surface area contributed by atoms with Crippen LogP contribution in [0.5, 0.6) is 0 Å². The molecule has 1 aromatic carbocycles. The Bertz CT molecular complexity index is 832. The van der Waals surface area contributed by atoms with Gasteiger partial charge in [-0.25, -0.2) is 4.99 Å². The van der Waals surface area contributed by atoms with E-state index in [-0.39, 0.29) is 6.61 Å². The van der Waals surface area contributed by atoms with Crippen molar-refractivity contribution in [1.29, 1.82) is 0 Å². The molecule has 10 heteroatoms. The van der Waals surface area contributed by atoms with Crippen LogP contribution in [0.2, 0.25) is 0 Å². The number of alkyl halides is 3. The van der Waals surface area contributed by atoms with Gasteiger partial charge in [0.05, 0.1) is 19.7 Å². The van der Waals surface area contributed by atoms with Crippen molar-refractivity contribution >= 4 is 5.96 Å². The van der Waals surface area contributed by atoms with Gasteiger partial charge in [-0.1, -0.05) is 24.3 Å². The maximum absolute atomic E-state index is 12.1. The lowest BCUT2D eigenvalue weighted by Crippen LogP contribution is -2.37. The smallest absolute Gasteiger partial charge is 0.367 e. The lowest BCUT2D eigenvalue weighted by molar-refractivity contribution is -0.176. The second-order valence-electron chi connectivity index (χ2n) is 7.11. The second-order valence-corrected chi connectivity index (χ2v) is 7.11. The number of guanidine groups is 1. The summed E-state index contributed by atoms with van der Waals surface area (Å²) in [6, 6.07) is 7.19. The Morgan fingerprint density at radius 2 is 1.90 bits per heavy atom. The van der Waals surface area contributed by atoms with Crippen molar-refractivity contribution in [3.63, 3.8) is 0 Å². The molecule has 0 aliphatic carbocycles. The standard InChI is InChI=1S/C20H27F3N6O/c1-2-24-19(26-12-18-28-27-17-5-3-4-10-29(17)18)25-11-15-6-8-16(9-7-15)13-30-14-20(21,22)23/h6-9H,2-5,10-14H2,1H3,(H2,24,25,26). The maximum atomic E-state index is 12.1. The molecule has 2 N–H and O–H groups in total. The van der Waals surface area contributed by atoms with Gasteiger partial charge in [0.2, 0.25) is 0 Å². The highest BCUT2D eigenvalue weighted by Gasteiger charge is 2.27. The Hall–Kier alpha value is -2.62. The van der Waals surface area contributed by atoms with E-state index in [9.17, 15) is 13.2 Å². The van der Waals surface area contributed by atoms with E-state index in [0.29, 0.717) is 24.6 Å². The lowest BCUT2D eigenvalue weighted by Gasteiger charge is -2.16. The predicted molar refractivity (Wildman–Crippen MR) is 107 cm³/mol. The molecule has 0 unspecified atom stereocenters.